The smallest absolute Gasteiger partial charge is 0.665 e. The van der Waals surface area contributed by atoms with Crippen molar-refractivity contribution in [3.63, 3.8) is 0 Å². The third-order valence-corrected chi connectivity index (χ3v) is 0.498. The largest absolute Gasteiger partial charge is 2.00 e. The molecule has 0 unspecified atom stereocenters. The molecule has 0 heterocycles. The van der Waals surface area contributed by atoms with Crippen LogP contribution in [0.15, 0.2) is 0 Å². The molecule has 0 amide bonds. The summed E-state index contributed by atoms with van der Waals surface area (Å²) in [7, 11) is -2.86. The fourth-order valence-electron chi connectivity index (χ4n) is 0. The normalized spacial score (nSPS) is 4.58. The number of Topliss-reactive ketones (excluding diaryl/α,β-unsaturated/α-hetero) is 1. The van der Waals surface area contributed by atoms with Gasteiger partial charge < -0.3 is 37.3 Å². The van der Waals surface area contributed by atoms with Gasteiger partial charge in [-0.05, 0) is 6.92 Å². The van der Waals surface area contributed by atoms with Crippen molar-refractivity contribution in [2.24, 2.45) is 0 Å². The van der Waals surface area contributed by atoms with Gasteiger partial charge in [0, 0.05) is 17.4 Å². The molecule has 0 rings (SSSR count). The molecule has 0 saturated heterocycles. The summed E-state index contributed by atoms with van der Waals surface area (Å²) in [5.41, 5.74) is 0. The Hall–Kier alpha value is 0.494. The molecule has 0 fully saturated rings. The topological polar surface area (TPSA) is 143 Å². The second kappa shape index (κ2) is 108. The third-order valence-electron chi connectivity index (χ3n) is 0.498. The Kier molecular flexibility index (Phi) is 334. The average molecular weight is 825 g/mol. The molecule has 0 radical (unpaired) electrons. The minimum absolute atomic E-state index is 0. The van der Waals surface area contributed by atoms with E-state index in [1.54, 1.807) is 6.92 Å². The molecular formula is C13H32O8SU2. The predicted octanol–water partition coefficient (Wildman–Crippen LogP) is 3.14. The Balaban J connectivity index is -0.00000000933. The molecular weight excluding hydrogens is 792 g/mol. The molecule has 0 bridgehead atoms. The standard InChI is InChI=1S/C4H8O.2C2H3O.CHO2.4CH4.HO3S.2U/c1-3-4(2)5;2*1-2-3;2-1-3;;;;;1-4(2)3;;/h3H2,1-2H3;2*1H3;(H,2,3);4*1H4;(H,1,2,3);;/q;3*-1;;;;;-1;2*+2. The molecule has 0 aliphatic heterocycles. The van der Waals surface area contributed by atoms with Gasteiger partial charge in [0.15, 0.2) is 0 Å². The van der Waals surface area contributed by atoms with E-state index in [9.17, 15) is 4.79 Å². The average Bonchev–Trinajstić information content (AvgIpc) is 2.20. The fourth-order valence-corrected chi connectivity index (χ4v) is 0. The Morgan fingerprint density at radius 1 is 0.917 bits per heavy atom. The first-order valence-electron chi connectivity index (χ1n) is 4.12. The van der Waals surface area contributed by atoms with Gasteiger partial charge in [0.05, 0.1) is 0 Å². The summed E-state index contributed by atoms with van der Waals surface area (Å²) < 4.78 is 24.1. The van der Waals surface area contributed by atoms with Crippen molar-refractivity contribution in [1.82, 2.24) is 0 Å². The maximum Gasteiger partial charge on any atom is 2.00 e. The second-order valence-electron chi connectivity index (χ2n) is 1.77. The zero-order valence-electron chi connectivity index (χ0n) is 11.5. The molecule has 0 aromatic rings. The Morgan fingerprint density at radius 3 is 0.958 bits per heavy atom. The van der Waals surface area contributed by atoms with Gasteiger partial charge in [0.25, 0.3) is 0 Å². The van der Waals surface area contributed by atoms with Crippen LogP contribution in [0.4, 0.5) is 0 Å². The number of carbonyl (C=O) groups excluding carboxylic acids is 3. The van der Waals surface area contributed by atoms with Crippen LogP contribution in [0.2, 0.25) is 0 Å². The maximum atomic E-state index is 9.81. The van der Waals surface area contributed by atoms with E-state index in [2.05, 4.69) is 0 Å². The first-order chi connectivity index (χ1) is 8.24. The zero-order valence-corrected chi connectivity index (χ0v) is 20.6. The SMILES string of the molecule is C.C.C.C.CCC(C)=O.C[C-]=O.C[C-]=O.O=[C-]O.O=[S-](=O)O.[U+2].[U+2]. The fraction of sp³-hybridized carbons (Fsp3) is 0.692. The number of aliphatic hydroxyl groups excluding tert-OH is 1. The van der Waals surface area contributed by atoms with Crippen molar-refractivity contribution in [3.8, 4) is 0 Å². The predicted molar refractivity (Wildman–Crippen MR) is 90.3 cm³/mol. The zero-order chi connectivity index (χ0) is 16.0. The molecule has 0 aliphatic rings. The summed E-state index contributed by atoms with van der Waals surface area (Å²) in [5.74, 6) is 0.255. The number of hydrogen-bond acceptors (Lipinski definition) is 7. The molecule has 2 N–H and O–H groups in total. The summed E-state index contributed by atoms with van der Waals surface area (Å²) in [5, 5.41) is 6.76. The minimum atomic E-state index is -2.86. The van der Waals surface area contributed by atoms with E-state index in [1.165, 1.54) is 26.4 Å². The van der Waals surface area contributed by atoms with Gasteiger partial charge in [-0.2, -0.15) is 13.8 Å². The van der Waals surface area contributed by atoms with Crippen molar-refractivity contribution in [2.45, 2.75) is 63.8 Å². The van der Waals surface area contributed by atoms with Crippen LogP contribution in [-0.4, -0.2) is 34.5 Å². The molecule has 0 aliphatic carbocycles. The van der Waals surface area contributed by atoms with E-state index in [-0.39, 0.29) is 97.7 Å². The van der Waals surface area contributed by atoms with Crippen molar-refractivity contribution in [2.75, 3.05) is 0 Å². The second-order valence-corrected chi connectivity index (χ2v) is 2.21. The summed E-state index contributed by atoms with van der Waals surface area (Å²) in [6.45, 7) is 6.57. The van der Waals surface area contributed by atoms with E-state index < -0.39 is 11.0 Å². The molecule has 0 spiro atoms. The Bertz CT molecular complexity index is 238. The maximum absolute atomic E-state index is 9.81. The van der Waals surface area contributed by atoms with Gasteiger partial charge in [-0.25, -0.2) is 0 Å². The van der Waals surface area contributed by atoms with Gasteiger partial charge in [-0.3, -0.25) is 12.6 Å². The third kappa shape index (κ3) is 1670. The van der Waals surface area contributed by atoms with Crippen LogP contribution in [0.5, 0.6) is 0 Å². The van der Waals surface area contributed by atoms with E-state index in [0.29, 0.717) is 12.9 Å². The van der Waals surface area contributed by atoms with Crippen molar-refractivity contribution in [1.29, 1.82) is 0 Å². The Labute approximate surface area is 197 Å². The minimum Gasteiger partial charge on any atom is -0.665 e. The van der Waals surface area contributed by atoms with Gasteiger partial charge in [0.2, 0.25) is 0 Å². The molecule has 0 saturated carbocycles. The molecule has 0 aromatic carbocycles. The van der Waals surface area contributed by atoms with E-state index in [4.69, 9.17) is 32.5 Å². The van der Waals surface area contributed by atoms with Crippen LogP contribution in [0.25, 0.3) is 0 Å². The monoisotopic (exact) mass is 824 g/mol. The van der Waals surface area contributed by atoms with Crippen LogP contribution in [0.1, 0.15) is 63.8 Å². The summed E-state index contributed by atoms with van der Waals surface area (Å²) in [6.07, 6.45) is 3.67. The van der Waals surface area contributed by atoms with Crippen LogP contribution < -0.4 is 0 Å². The van der Waals surface area contributed by atoms with Crippen LogP contribution in [0.3, 0.4) is 0 Å². The van der Waals surface area contributed by atoms with E-state index in [1.807, 2.05) is 6.92 Å². The number of ketones is 1. The van der Waals surface area contributed by atoms with E-state index >= 15 is 0 Å². The molecule has 24 heavy (non-hydrogen) atoms. The summed E-state index contributed by atoms with van der Waals surface area (Å²) >= 11 is 0. The van der Waals surface area contributed by atoms with Crippen LogP contribution in [0, 0.1) is 62.2 Å². The van der Waals surface area contributed by atoms with Gasteiger partial charge in [0.1, 0.15) is 5.78 Å². The number of hydrogen-bond donors (Lipinski definition) is 2. The van der Waals surface area contributed by atoms with Crippen molar-refractivity contribution >= 4 is 35.8 Å². The Morgan fingerprint density at radius 2 is 0.958 bits per heavy atom. The van der Waals surface area contributed by atoms with Crippen molar-refractivity contribution < 1.29 is 99.5 Å². The van der Waals surface area contributed by atoms with Gasteiger partial charge in [-0.15, -0.1) is 0 Å². The molecule has 0 atom stereocenters. The first kappa shape index (κ1) is 74.2. The number of carbonyl (C=O) groups is 1. The van der Waals surface area contributed by atoms with E-state index in [0.717, 1.165) is 0 Å². The molecule has 0 aromatic heterocycles. The van der Waals surface area contributed by atoms with Gasteiger partial charge >= 0.3 is 62.2 Å². The molecule has 8 nitrogen and oxygen atoms in total. The number of rotatable bonds is 1. The molecule has 146 valence electrons. The van der Waals surface area contributed by atoms with Crippen LogP contribution in [-0.2, 0) is 38.6 Å². The van der Waals surface area contributed by atoms with Crippen LogP contribution >= 0.6 is 0 Å². The van der Waals surface area contributed by atoms with Crippen molar-refractivity contribution in [3.05, 3.63) is 0 Å². The summed E-state index contributed by atoms with van der Waals surface area (Å²) in [6, 6.07) is 0. The van der Waals surface area contributed by atoms with Gasteiger partial charge in [-0.1, -0.05) is 43.1 Å². The summed E-state index contributed by atoms with van der Waals surface area (Å²) in [4.78, 5) is 35.4. The first-order valence-corrected chi connectivity index (χ1v) is 5.15. The molecule has 11 heteroatoms. The quantitative estimate of drug-likeness (QED) is 0.178.